The van der Waals surface area contributed by atoms with E-state index in [0.717, 1.165) is 109 Å². The van der Waals surface area contributed by atoms with Gasteiger partial charge in [0, 0.05) is 12.8 Å². The Morgan fingerprint density at radius 2 is 0.684 bits per heavy atom. The van der Waals surface area contributed by atoms with Crippen molar-refractivity contribution in [1.29, 1.82) is 0 Å². The van der Waals surface area contributed by atoms with Gasteiger partial charge >= 0.3 is 11.9 Å². The zero-order chi connectivity index (χ0) is 57.6. The molecule has 0 heterocycles. The maximum atomic E-state index is 12.9. The van der Waals surface area contributed by atoms with Crippen LogP contribution < -0.4 is 5.11 Å². The number of hydrogen-bond donors (Lipinski definition) is 0. The molecule has 0 aromatic heterocycles. The number of esters is 2. The summed E-state index contributed by atoms with van der Waals surface area (Å²) in [5.74, 6) is -2.30. The summed E-state index contributed by atoms with van der Waals surface area (Å²) in [4.78, 5) is 37.4. The van der Waals surface area contributed by atoms with Crippen LogP contribution in [0.2, 0.25) is 0 Å². The topological polar surface area (TPSA) is 111 Å². The van der Waals surface area contributed by atoms with Crippen molar-refractivity contribution >= 4 is 17.9 Å². The van der Waals surface area contributed by atoms with E-state index in [2.05, 4.69) is 135 Å². The van der Waals surface area contributed by atoms with Gasteiger partial charge in [0.2, 0.25) is 0 Å². The molecule has 0 bridgehead atoms. The first-order valence-corrected chi connectivity index (χ1v) is 31.7. The lowest BCUT2D eigenvalue weighted by Crippen LogP contribution is -2.44. The van der Waals surface area contributed by atoms with Crippen molar-refractivity contribution in [3.63, 3.8) is 0 Å². The third kappa shape index (κ3) is 61.2. The molecule has 9 nitrogen and oxygen atoms in total. The van der Waals surface area contributed by atoms with Gasteiger partial charge in [0.15, 0.2) is 12.4 Å². The minimum absolute atomic E-state index is 0.141. The number of carboxylic acids is 1. The summed E-state index contributed by atoms with van der Waals surface area (Å²) in [6.45, 7) is 4.52. The molecule has 0 saturated carbocycles. The van der Waals surface area contributed by atoms with E-state index in [-0.39, 0.29) is 38.6 Å². The van der Waals surface area contributed by atoms with Crippen LogP contribution in [-0.4, -0.2) is 82.3 Å². The SMILES string of the molecule is CC/C=C\C/C=C\C/C=C\C/C=C\C/C=C\C/C=C\CCCCCCCCCCCCC(=O)OC(COC(=O)CCCCCCCCCCCCCC/C=C\C/C=C\C/C=C\C/C=C\CC)COC(OCC[N+](C)(C)C)C(=O)[O-]. The zero-order valence-electron chi connectivity index (χ0n) is 51.2. The molecule has 0 N–H and O–H groups in total. The smallest absolute Gasteiger partial charge is 0.306 e. The third-order valence-electron chi connectivity index (χ3n) is 13.2. The monoisotopic (exact) mass is 1100 g/mol. The van der Waals surface area contributed by atoms with Crippen LogP contribution in [0.1, 0.15) is 245 Å². The van der Waals surface area contributed by atoms with Crippen LogP contribution >= 0.6 is 0 Å². The molecule has 450 valence electrons. The number of rotatable bonds is 57. The largest absolute Gasteiger partial charge is 0.545 e. The Balaban J connectivity index is 4.22. The molecule has 2 atom stereocenters. The van der Waals surface area contributed by atoms with Crippen LogP contribution in [-0.2, 0) is 33.3 Å². The van der Waals surface area contributed by atoms with E-state index in [1.165, 1.54) is 103 Å². The molecular formula is C70H117NO8. The Morgan fingerprint density at radius 3 is 1.01 bits per heavy atom. The molecule has 0 aliphatic rings. The highest BCUT2D eigenvalue weighted by Crippen LogP contribution is 2.16. The van der Waals surface area contributed by atoms with Gasteiger partial charge in [0.05, 0.1) is 40.3 Å². The molecule has 0 aromatic rings. The van der Waals surface area contributed by atoms with Crippen LogP contribution in [0.5, 0.6) is 0 Å². The van der Waals surface area contributed by atoms with Gasteiger partial charge in [0.25, 0.3) is 0 Å². The number of allylic oxidation sites excluding steroid dienone is 20. The van der Waals surface area contributed by atoms with Crippen LogP contribution in [0, 0.1) is 0 Å². The van der Waals surface area contributed by atoms with Gasteiger partial charge in [0.1, 0.15) is 13.2 Å². The molecule has 2 unspecified atom stereocenters. The average Bonchev–Trinajstić information content (AvgIpc) is 3.42. The van der Waals surface area contributed by atoms with Gasteiger partial charge in [-0.15, -0.1) is 0 Å². The number of unbranched alkanes of at least 4 members (excludes halogenated alkanes) is 22. The molecule has 0 saturated heterocycles. The summed E-state index contributed by atoms with van der Waals surface area (Å²) in [6, 6.07) is 0. The molecule has 0 aliphatic heterocycles. The molecule has 0 radical (unpaired) electrons. The Labute approximate surface area is 485 Å². The first-order valence-electron chi connectivity index (χ1n) is 31.7. The Bertz CT molecular complexity index is 1710. The lowest BCUT2D eigenvalue weighted by Gasteiger charge is -2.26. The van der Waals surface area contributed by atoms with Crippen molar-refractivity contribution in [2.24, 2.45) is 0 Å². The van der Waals surface area contributed by atoms with E-state index in [9.17, 15) is 19.5 Å². The normalized spacial score (nSPS) is 13.6. The van der Waals surface area contributed by atoms with Gasteiger partial charge in [-0.05, 0) is 103 Å². The van der Waals surface area contributed by atoms with Crippen molar-refractivity contribution in [2.75, 3.05) is 47.5 Å². The first-order chi connectivity index (χ1) is 38.6. The van der Waals surface area contributed by atoms with E-state index in [0.29, 0.717) is 17.4 Å². The number of carbonyl (C=O) groups excluding carboxylic acids is 3. The van der Waals surface area contributed by atoms with E-state index in [4.69, 9.17) is 18.9 Å². The predicted molar refractivity (Wildman–Crippen MR) is 333 cm³/mol. The van der Waals surface area contributed by atoms with Crippen molar-refractivity contribution in [1.82, 2.24) is 0 Å². The lowest BCUT2D eigenvalue weighted by molar-refractivity contribution is -0.870. The number of carbonyl (C=O) groups is 3. The molecule has 79 heavy (non-hydrogen) atoms. The van der Waals surface area contributed by atoms with E-state index >= 15 is 0 Å². The van der Waals surface area contributed by atoms with Crippen LogP contribution in [0.15, 0.2) is 122 Å². The van der Waals surface area contributed by atoms with E-state index in [1.54, 1.807) is 0 Å². The highest BCUT2D eigenvalue weighted by molar-refractivity contribution is 5.70. The summed E-state index contributed by atoms with van der Waals surface area (Å²) in [5.41, 5.74) is 0. The summed E-state index contributed by atoms with van der Waals surface area (Å²) in [5, 5.41) is 11.8. The second kappa shape index (κ2) is 59.8. The van der Waals surface area contributed by atoms with Crippen LogP contribution in [0.25, 0.3) is 0 Å². The summed E-state index contributed by atoms with van der Waals surface area (Å²) in [6.07, 6.45) is 81.1. The highest BCUT2D eigenvalue weighted by atomic mass is 16.7. The average molecular weight is 1100 g/mol. The minimum atomic E-state index is -1.63. The van der Waals surface area contributed by atoms with Crippen molar-refractivity contribution < 1.29 is 42.9 Å². The standard InChI is InChI=1S/C70H117NO8/c1-6-8-10-12-14-16-18-20-22-24-26-28-30-32-33-34-35-37-39-41-43-45-47-49-51-53-55-57-59-61-68(73)79-66(65-78-70(69(74)75)76-63-62-71(3,4)5)64-77-67(72)60-58-56-54-52-50-48-46-44-42-40-38-36-31-29-27-25-23-21-19-17-15-13-11-9-7-2/h8-11,14-17,20-23,26-29,32-33,35,37,66,70H,6-7,12-13,18-19,24-25,30-31,34,36,38-65H2,1-5H3/b10-8-,11-9-,16-14-,17-15-,22-20-,23-21-,28-26-,29-27-,33-32-,37-35-. The van der Waals surface area contributed by atoms with Gasteiger partial charge < -0.3 is 33.3 Å². The minimum Gasteiger partial charge on any atom is -0.545 e. The van der Waals surface area contributed by atoms with E-state index < -0.39 is 24.3 Å². The molecule has 0 spiro atoms. The highest BCUT2D eigenvalue weighted by Gasteiger charge is 2.22. The van der Waals surface area contributed by atoms with Crippen molar-refractivity contribution in [3.8, 4) is 0 Å². The number of carboxylic acid groups (broad SMARTS) is 1. The van der Waals surface area contributed by atoms with Crippen LogP contribution in [0.4, 0.5) is 0 Å². The lowest BCUT2D eigenvalue weighted by atomic mass is 10.0. The van der Waals surface area contributed by atoms with Gasteiger partial charge in [-0.1, -0.05) is 251 Å². The van der Waals surface area contributed by atoms with Crippen molar-refractivity contribution in [3.05, 3.63) is 122 Å². The Hall–Kier alpha value is -4.31. The first kappa shape index (κ1) is 74.7. The summed E-state index contributed by atoms with van der Waals surface area (Å²) >= 11 is 0. The van der Waals surface area contributed by atoms with Crippen LogP contribution in [0.3, 0.4) is 0 Å². The quantitative estimate of drug-likeness (QED) is 0.0195. The fourth-order valence-electron chi connectivity index (χ4n) is 8.41. The second-order valence-corrected chi connectivity index (χ2v) is 21.9. The van der Waals surface area contributed by atoms with Crippen molar-refractivity contribution in [2.45, 2.75) is 257 Å². The number of likely N-dealkylation sites (N-methyl/N-ethyl adjacent to an activating group) is 1. The molecular weight excluding hydrogens is 983 g/mol. The maximum Gasteiger partial charge on any atom is 0.306 e. The number of nitrogens with zero attached hydrogens (tertiary/aromatic N) is 1. The predicted octanol–water partition coefficient (Wildman–Crippen LogP) is 17.9. The fraction of sp³-hybridized carbons (Fsp3) is 0.671. The summed E-state index contributed by atoms with van der Waals surface area (Å²) in [7, 11) is 5.92. The Kier molecular flexibility index (Phi) is 56.5. The number of quaternary nitrogens is 1. The molecule has 0 fully saturated rings. The second-order valence-electron chi connectivity index (χ2n) is 21.9. The maximum absolute atomic E-state index is 12.9. The molecule has 0 aromatic carbocycles. The molecule has 0 amide bonds. The molecule has 0 rings (SSSR count). The number of ether oxygens (including phenoxy) is 4. The van der Waals surface area contributed by atoms with Gasteiger partial charge in [-0.25, -0.2) is 0 Å². The number of aliphatic carboxylic acids is 1. The molecule has 0 aliphatic carbocycles. The summed E-state index contributed by atoms with van der Waals surface area (Å²) < 4.78 is 22.8. The number of hydrogen-bond acceptors (Lipinski definition) is 8. The van der Waals surface area contributed by atoms with Gasteiger partial charge in [-0.3, -0.25) is 9.59 Å². The van der Waals surface area contributed by atoms with E-state index in [1.807, 2.05) is 21.1 Å². The third-order valence-corrected chi connectivity index (χ3v) is 13.2. The zero-order valence-corrected chi connectivity index (χ0v) is 51.2. The van der Waals surface area contributed by atoms with Gasteiger partial charge in [-0.2, -0.15) is 0 Å². The Morgan fingerprint density at radius 1 is 0.380 bits per heavy atom. The fourth-order valence-corrected chi connectivity index (χ4v) is 8.41. The molecule has 9 heteroatoms.